The molecule has 0 aliphatic carbocycles. The van der Waals surface area contributed by atoms with Crippen LogP contribution in [0.1, 0.15) is 135 Å². The first-order valence-electron chi connectivity index (χ1n) is 21.6. The zero-order chi connectivity index (χ0) is 38.3. The number of benzene rings is 4. The van der Waals surface area contributed by atoms with Crippen molar-refractivity contribution in [2.75, 3.05) is 18.0 Å². The quantitative estimate of drug-likeness (QED) is 0.0221. The first-order valence-corrected chi connectivity index (χ1v) is 21.6. The van der Waals surface area contributed by atoms with Crippen molar-refractivity contribution in [3.05, 3.63) is 107 Å². The molecule has 55 heavy (non-hydrogen) atoms. The van der Waals surface area contributed by atoms with Crippen molar-refractivity contribution in [3.8, 4) is 0 Å². The lowest BCUT2D eigenvalue weighted by molar-refractivity contribution is -0.384. The van der Waals surface area contributed by atoms with Gasteiger partial charge < -0.3 is 9.47 Å². The molecule has 4 aromatic carbocycles. The lowest BCUT2D eigenvalue weighted by atomic mass is 10.1. The minimum Gasteiger partial charge on any atom is -0.372 e. The molecule has 5 rings (SSSR count). The molecule has 0 radical (unpaired) electrons. The molecule has 1 heterocycles. The van der Waals surface area contributed by atoms with Crippen molar-refractivity contribution in [1.29, 1.82) is 0 Å². The van der Waals surface area contributed by atoms with Gasteiger partial charge in [-0.05, 0) is 67.8 Å². The van der Waals surface area contributed by atoms with Gasteiger partial charge in [-0.15, -0.1) is 0 Å². The van der Waals surface area contributed by atoms with E-state index in [1.807, 2.05) is 12.1 Å². The molecule has 7 heteroatoms. The van der Waals surface area contributed by atoms with Crippen molar-refractivity contribution in [3.63, 3.8) is 0 Å². The maximum absolute atomic E-state index is 10.9. The molecule has 0 aliphatic rings. The lowest BCUT2D eigenvalue weighted by Crippen LogP contribution is -2.25. The van der Waals surface area contributed by atoms with E-state index in [1.165, 1.54) is 168 Å². The fraction of sp³-hybridized carbons (Fsp3) is 0.500. The Labute approximate surface area is 330 Å². The number of fused-ring (bicyclic) bond motifs is 3. The number of anilines is 1. The van der Waals surface area contributed by atoms with Crippen molar-refractivity contribution in [1.82, 2.24) is 4.57 Å². The number of aryl methyl sites for hydroxylation is 1. The second-order valence-corrected chi connectivity index (χ2v) is 15.4. The molecule has 294 valence electrons. The minimum absolute atomic E-state index is 0.0552. The maximum atomic E-state index is 10.9. The Morgan fingerprint density at radius 2 is 0.909 bits per heavy atom. The summed E-state index contributed by atoms with van der Waals surface area (Å²) in [5.74, 6) is 0. The Morgan fingerprint density at radius 3 is 1.36 bits per heavy atom. The van der Waals surface area contributed by atoms with Gasteiger partial charge >= 0.3 is 0 Å². The highest BCUT2D eigenvalue weighted by Crippen LogP contribution is 2.29. The number of nitrogens with zero attached hydrogens (tertiary/aromatic N) is 5. The van der Waals surface area contributed by atoms with Crippen LogP contribution in [0.25, 0.3) is 21.8 Å². The summed E-state index contributed by atoms with van der Waals surface area (Å²) in [6.07, 6.45) is 26.6. The largest absolute Gasteiger partial charge is 0.372 e. The average molecular weight is 744 g/mol. The van der Waals surface area contributed by atoms with Crippen LogP contribution in [-0.2, 0) is 6.54 Å². The lowest BCUT2D eigenvalue weighted by Gasteiger charge is -2.25. The van der Waals surface area contributed by atoms with Crippen molar-refractivity contribution in [2.45, 2.75) is 142 Å². The number of non-ortho nitro benzene ring substituents is 1. The van der Waals surface area contributed by atoms with Gasteiger partial charge in [0.15, 0.2) is 0 Å². The zero-order valence-corrected chi connectivity index (χ0v) is 33.6. The Kier molecular flexibility index (Phi) is 18.2. The predicted octanol–water partition coefficient (Wildman–Crippen LogP) is 15.4. The van der Waals surface area contributed by atoms with E-state index in [1.54, 1.807) is 12.1 Å². The van der Waals surface area contributed by atoms with Gasteiger partial charge in [0.25, 0.3) is 5.69 Å². The molecule has 0 saturated carbocycles. The smallest absolute Gasteiger partial charge is 0.269 e. The molecule has 0 N–H and O–H groups in total. The molecular formula is C48H65N5O2. The number of nitro groups is 1. The van der Waals surface area contributed by atoms with E-state index in [2.05, 4.69) is 87.3 Å². The van der Waals surface area contributed by atoms with Crippen LogP contribution in [0, 0.1) is 10.1 Å². The van der Waals surface area contributed by atoms with Crippen LogP contribution in [0.4, 0.5) is 22.7 Å². The molecule has 0 aliphatic heterocycles. The third-order valence-electron chi connectivity index (χ3n) is 11.1. The van der Waals surface area contributed by atoms with Gasteiger partial charge in [-0.3, -0.25) is 10.1 Å². The molecular weight excluding hydrogens is 679 g/mol. The second kappa shape index (κ2) is 24.1. The summed E-state index contributed by atoms with van der Waals surface area (Å²) in [7, 11) is 0. The third kappa shape index (κ3) is 13.9. The van der Waals surface area contributed by atoms with Gasteiger partial charge in [0, 0.05) is 59.3 Å². The van der Waals surface area contributed by atoms with Gasteiger partial charge in [-0.25, -0.2) is 0 Å². The van der Waals surface area contributed by atoms with Gasteiger partial charge in [-0.2, -0.15) is 10.2 Å². The number of azo groups is 1. The summed E-state index contributed by atoms with van der Waals surface area (Å²) >= 11 is 0. The number of unbranched alkanes of at least 4 members (excludes halogenated alkanes) is 18. The van der Waals surface area contributed by atoms with E-state index in [4.69, 9.17) is 0 Å². The maximum Gasteiger partial charge on any atom is 0.269 e. The summed E-state index contributed by atoms with van der Waals surface area (Å²) in [5.41, 5.74) is 5.42. The molecule has 5 aromatic rings. The van der Waals surface area contributed by atoms with Crippen LogP contribution in [0.15, 0.2) is 107 Å². The van der Waals surface area contributed by atoms with E-state index in [0.717, 1.165) is 25.3 Å². The molecule has 1 aromatic heterocycles. The van der Waals surface area contributed by atoms with Crippen LogP contribution < -0.4 is 4.90 Å². The molecule has 7 nitrogen and oxygen atoms in total. The summed E-state index contributed by atoms with van der Waals surface area (Å²) in [6.45, 7) is 5.57. The molecule has 0 unspecified atom stereocenters. The number of hydrogen-bond donors (Lipinski definition) is 0. The summed E-state index contributed by atoms with van der Waals surface area (Å²) in [6, 6.07) is 32.2. The Balaban J connectivity index is 0.979. The molecule has 0 fully saturated rings. The van der Waals surface area contributed by atoms with E-state index < -0.39 is 4.92 Å². The van der Waals surface area contributed by atoms with Gasteiger partial charge in [-0.1, -0.05) is 152 Å². The summed E-state index contributed by atoms with van der Waals surface area (Å²) < 4.78 is 2.52. The number of hydrogen-bond acceptors (Lipinski definition) is 5. The van der Waals surface area contributed by atoms with E-state index in [0.29, 0.717) is 5.69 Å². The Bertz CT molecular complexity index is 1790. The van der Waals surface area contributed by atoms with Crippen molar-refractivity contribution >= 4 is 44.6 Å². The zero-order valence-electron chi connectivity index (χ0n) is 33.6. The number of para-hydroxylation sites is 2. The number of aromatic nitrogens is 1. The summed E-state index contributed by atoms with van der Waals surface area (Å²) in [4.78, 5) is 13.1. The number of nitro benzene ring substituents is 1. The molecule has 0 spiro atoms. The molecule has 0 bridgehead atoms. The van der Waals surface area contributed by atoms with Crippen molar-refractivity contribution in [2.24, 2.45) is 10.2 Å². The highest BCUT2D eigenvalue weighted by molar-refractivity contribution is 6.07. The molecule has 0 saturated heterocycles. The van der Waals surface area contributed by atoms with Crippen LogP contribution in [0.3, 0.4) is 0 Å². The topological polar surface area (TPSA) is 76.0 Å². The predicted molar refractivity (Wildman–Crippen MR) is 233 cm³/mol. The van der Waals surface area contributed by atoms with Crippen molar-refractivity contribution < 1.29 is 4.92 Å². The van der Waals surface area contributed by atoms with E-state index in [9.17, 15) is 10.1 Å². The summed E-state index contributed by atoms with van der Waals surface area (Å²) in [5, 5.41) is 22.3. The van der Waals surface area contributed by atoms with E-state index in [-0.39, 0.29) is 5.69 Å². The molecule has 0 amide bonds. The fourth-order valence-electron chi connectivity index (χ4n) is 7.88. The highest BCUT2D eigenvalue weighted by Gasteiger charge is 2.10. The third-order valence-corrected chi connectivity index (χ3v) is 11.1. The Morgan fingerprint density at radius 1 is 0.509 bits per heavy atom. The normalized spacial score (nSPS) is 11.7. The average Bonchev–Trinajstić information content (AvgIpc) is 3.54. The highest BCUT2D eigenvalue weighted by atomic mass is 16.6. The van der Waals surface area contributed by atoms with Crippen LogP contribution in [0.2, 0.25) is 0 Å². The second-order valence-electron chi connectivity index (χ2n) is 15.4. The van der Waals surface area contributed by atoms with Crippen LogP contribution in [0.5, 0.6) is 0 Å². The van der Waals surface area contributed by atoms with E-state index >= 15 is 0 Å². The Hall–Kier alpha value is -4.52. The van der Waals surface area contributed by atoms with Gasteiger partial charge in [0.2, 0.25) is 0 Å². The first kappa shape index (κ1) is 41.6. The monoisotopic (exact) mass is 744 g/mol. The number of rotatable bonds is 28. The van der Waals surface area contributed by atoms with Gasteiger partial charge in [0.05, 0.1) is 16.3 Å². The fourth-order valence-corrected chi connectivity index (χ4v) is 7.88. The van der Waals surface area contributed by atoms with Gasteiger partial charge in [0.1, 0.15) is 0 Å². The van der Waals surface area contributed by atoms with Crippen LogP contribution in [-0.4, -0.2) is 22.6 Å². The SMILES string of the molecule is CCCCCCCCCCCCN(CCCCCCCCCCCCn1c2ccccc2c2ccccc21)c1ccc(N=Nc2ccc([N+](=O)[O-])cc2)cc1. The minimum atomic E-state index is -0.403. The first-order chi connectivity index (χ1) is 27.1. The molecule has 0 atom stereocenters. The standard InChI is InChI=1S/C48H65N5O2/c1-2-3-4-5-6-7-10-13-16-23-38-51(43-34-30-41(31-35-43)49-50-42-32-36-44(37-33-42)53(54)55)39-24-17-14-11-8-9-12-15-18-25-40-52-47-28-21-19-26-45(47)46-27-20-22-29-48(46)52/h19-22,26-37H,2-18,23-25,38-40H2,1H3. The van der Waals surface area contributed by atoms with Crippen LogP contribution >= 0.6 is 0 Å².